The summed E-state index contributed by atoms with van der Waals surface area (Å²) < 4.78 is 18.5. The van der Waals surface area contributed by atoms with Gasteiger partial charge in [0.2, 0.25) is 0 Å². The molecule has 2 rings (SSSR count). The summed E-state index contributed by atoms with van der Waals surface area (Å²) in [7, 11) is 3.09. The average Bonchev–Trinajstić information content (AvgIpc) is 2.47. The highest BCUT2D eigenvalue weighted by Crippen LogP contribution is 2.18. The van der Waals surface area contributed by atoms with Gasteiger partial charge in [-0.2, -0.15) is 0 Å². The van der Waals surface area contributed by atoms with Crippen LogP contribution in [0.5, 0.6) is 5.75 Å². The molecular weight excluding hydrogens is 271 g/mol. The SMILES string of the molecule is COc1ccc(CN(C)C(=O)c2ccc(C)nc2)cc1F. The van der Waals surface area contributed by atoms with Crippen molar-refractivity contribution >= 4 is 5.91 Å². The third kappa shape index (κ3) is 3.56. The third-order valence-corrected chi connectivity index (χ3v) is 3.14. The van der Waals surface area contributed by atoms with Gasteiger partial charge in [0.1, 0.15) is 0 Å². The number of carbonyl (C=O) groups excluding carboxylic acids is 1. The van der Waals surface area contributed by atoms with Crippen molar-refractivity contribution in [3.05, 3.63) is 59.2 Å². The normalized spacial score (nSPS) is 10.3. The fourth-order valence-corrected chi connectivity index (χ4v) is 1.97. The van der Waals surface area contributed by atoms with Gasteiger partial charge in [0.05, 0.1) is 12.7 Å². The zero-order valence-electron chi connectivity index (χ0n) is 12.3. The number of hydrogen-bond donors (Lipinski definition) is 0. The lowest BCUT2D eigenvalue weighted by atomic mass is 10.1. The van der Waals surface area contributed by atoms with Gasteiger partial charge in [-0.3, -0.25) is 9.78 Å². The van der Waals surface area contributed by atoms with Crippen LogP contribution in [0.15, 0.2) is 36.5 Å². The van der Waals surface area contributed by atoms with Crippen LogP contribution in [0.1, 0.15) is 21.6 Å². The summed E-state index contributed by atoms with van der Waals surface area (Å²) in [5, 5.41) is 0. The van der Waals surface area contributed by atoms with Crippen molar-refractivity contribution in [1.82, 2.24) is 9.88 Å². The minimum absolute atomic E-state index is 0.154. The van der Waals surface area contributed by atoms with Crippen LogP contribution in [-0.2, 0) is 6.54 Å². The van der Waals surface area contributed by atoms with E-state index in [1.165, 1.54) is 18.1 Å². The topological polar surface area (TPSA) is 42.4 Å². The zero-order chi connectivity index (χ0) is 15.4. The molecule has 0 saturated carbocycles. The predicted octanol–water partition coefficient (Wildman–Crippen LogP) is 2.81. The van der Waals surface area contributed by atoms with E-state index in [0.717, 1.165) is 5.69 Å². The second kappa shape index (κ2) is 6.35. The molecule has 0 atom stereocenters. The van der Waals surface area contributed by atoms with Crippen molar-refractivity contribution in [2.24, 2.45) is 0 Å². The number of carbonyl (C=O) groups is 1. The van der Waals surface area contributed by atoms with E-state index in [4.69, 9.17) is 4.74 Å². The number of nitrogens with zero attached hydrogens (tertiary/aromatic N) is 2. The van der Waals surface area contributed by atoms with Crippen LogP contribution in [0, 0.1) is 12.7 Å². The molecule has 0 bridgehead atoms. The van der Waals surface area contributed by atoms with Gasteiger partial charge in [-0.15, -0.1) is 0 Å². The molecule has 1 aromatic carbocycles. The molecule has 21 heavy (non-hydrogen) atoms. The van der Waals surface area contributed by atoms with E-state index < -0.39 is 5.82 Å². The monoisotopic (exact) mass is 288 g/mol. The molecule has 0 N–H and O–H groups in total. The lowest BCUT2D eigenvalue weighted by molar-refractivity contribution is 0.0784. The van der Waals surface area contributed by atoms with E-state index >= 15 is 0 Å². The van der Waals surface area contributed by atoms with Crippen LogP contribution in [0.25, 0.3) is 0 Å². The number of rotatable bonds is 4. The zero-order valence-corrected chi connectivity index (χ0v) is 12.3. The molecule has 2 aromatic rings. The van der Waals surface area contributed by atoms with E-state index in [2.05, 4.69) is 4.98 Å². The van der Waals surface area contributed by atoms with Crippen LogP contribution in [0.2, 0.25) is 0 Å². The Labute approximate surface area is 123 Å². The highest BCUT2D eigenvalue weighted by atomic mass is 19.1. The molecule has 0 fully saturated rings. The van der Waals surface area contributed by atoms with Gasteiger partial charge in [0.15, 0.2) is 11.6 Å². The molecule has 0 saturated heterocycles. The molecule has 1 amide bonds. The summed E-state index contributed by atoms with van der Waals surface area (Å²) >= 11 is 0. The van der Waals surface area contributed by atoms with E-state index in [9.17, 15) is 9.18 Å². The third-order valence-electron chi connectivity index (χ3n) is 3.14. The minimum Gasteiger partial charge on any atom is -0.494 e. The molecule has 0 radical (unpaired) electrons. The first-order valence-corrected chi connectivity index (χ1v) is 6.52. The molecule has 4 nitrogen and oxygen atoms in total. The number of methoxy groups -OCH3 is 1. The standard InChI is InChI=1S/C16H17FN2O2/c1-11-4-6-13(9-18-11)16(20)19(2)10-12-5-7-15(21-3)14(17)8-12/h4-9H,10H2,1-3H3. The highest BCUT2D eigenvalue weighted by molar-refractivity contribution is 5.93. The molecule has 0 aliphatic carbocycles. The summed E-state index contributed by atoms with van der Waals surface area (Å²) in [5.41, 5.74) is 2.06. The first kappa shape index (κ1) is 15.0. The number of aryl methyl sites for hydroxylation is 1. The summed E-state index contributed by atoms with van der Waals surface area (Å²) in [6, 6.07) is 8.18. The molecule has 0 aliphatic heterocycles. The first-order chi connectivity index (χ1) is 10.0. The Hall–Kier alpha value is -2.43. The number of benzene rings is 1. The van der Waals surface area contributed by atoms with Crippen molar-refractivity contribution in [3.63, 3.8) is 0 Å². The van der Waals surface area contributed by atoms with E-state index in [1.807, 2.05) is 6.92 Å². The van der Waals surface area contributed by atoms with E-state index in [1.54, 1.807) is 37.5 Å². The van der Waals surface area contributed by atoms with Crippen LogP contribution in [0.3, 0.4) is 0 Å². The maximum Gasteiger partial charge on any atom is 0.255 e. The Balaban J connectivity index is 2.10. The Kier molecular flexibility index (Phi) is 4.52. The second-order valence-electron chi connectivity index (χ2n) is 4.82. The van der Waals surface area contributed by atoms with Gasteiger partial charge in [0, 0.05) is 25.5 Å². The van der Waals surface area contributed by atoms with Gasteiger partial charge in [-0.05, 0) is 36.8 Å². The van der Waals surface area contributed by atoms with E-state index in [0.29, 0.717) is 17.7 Å². The molecule has 0 aliphatic rings. The van der Waals surface area contributed by atoms with Crippen LogP contribution in [0.4, 0.5) is 4.39 Å². The van der Waals surface area contributed by atoms with Gasteiger partial charge in [-0.25, -0.2) is 4.39 Å². The number of pyridine rings is 1. The minimum atomic E-state index is -0.437. The van der Waals surface area contributed by atoms with E-state index in [-0.39, 0.29) is 11.7 Å². The Morgan fingerprint density at radius 1 is 1.33 bits per heavy atom. The highest BCUT2D eigenvalue weighted by Gasteiger charge is 2.13. The number of amides is 1. The lowest BCUT2D eigenvalue weighted by Crippen LogP contribution is -2.26. The summed E-state index contributed by atoms with van der Waals surface area (Å²) in [6.07, 6.45) is 1.54. The van der Waals surface area contributed by atoms with Crippen molar-refractivity contribution < 1.29 is 13.9 Å². The summed E-state index contributed by atoms with van der Waals surface area (Å²) in [4.78, 5) is 17.9. The number of hydrogen-bond acceptors (Lipinski definition) is 3. The van der Waals surface area contributed by atoms with Crippen molar-refractivity contribution in [2.45, 2.75) is 13.5 Å². The Bertz CT molecular complexity index is 641. The fourth-order valence-electron chi connectivity index (χ4n) is 1.97. The maximum absolute atomic E-state index is 13.6. The molecule has 5 heteroatoms. The van der Waals surface area contributed by atoms with Crippen molar-refractivity contribution in [2.75, 3.05) is 14.2 Å². The summed E-state index contributed by atoms with van der Waals surface area (Å²) in [5.74, 6) is -0.401. The molecule has 1 aromatic heterocycles. The fraction of sp³-hybridized carbons (Fsp3) is 0.250. The van der Waals surface area contributed by atoms with Gasteiger partial charge in [-0.1, -0.05) is 6.07 Å². The molecule has 0 spiro atoms. The second-order valence-corrected chi connectivity index (χ2v) is 4.82. The number of ether oxygens (including phenoxy) is 1. The van der Waals surface area contributed by atoms with Crippen molar-refractivity contribution in [3.8, 4) is 5.75 Å². The Morgan fingerprint density at radius 2 is 2.10 bits per heavy atom. The summed E-state index contributed by atoms with van der Waals surface area (Å²) in [6.45, 7) is 2.17. The number of aromatic nitrogens is 1. The van der Waals surface area contributed by atoms with Crippen LogP contribution < -0.4 is 4.74 Å². The molecule has 0 unspecified atom stereocenters. The predicted molar refractivity (Wildman–Crippen MR) is 77.7 cm³/mol. The maximum atomic E-state index is 13.6. The smallest absolute Gasteiger partial charge is 0.255 e. The molecular formula is C16H17FN2O2. The largest absolute Gasteiger partial charge is 0.494 e. The van der Waals surface area contributed by atoms with Crippen LogP contribution >= 0.6 is 0 Å². The molecule has 1 heterocycles. The average molecular weight is 288 g/mol. The Morgan fingerprint density at radius 3 is 2.67 bits per heavy atom. The van der Waals surface area contributed by atoms with Gasteiger partial charge in [0.25, 0.3) is 5.91 Å². The number of halogens is 1. The molecule has 110 valence electrons. The van der Waals surface area contributed by atoms with Gasteiger partial charge < -0.3 is 9.64 Å². The lowest BCUT2D eigenvalue weighted by Gasteiger charge is -2.17. The van der Waals surface area contributed by atoms with Crippen LogP contribution in [-0.4, -0.2) is 29.9 Å². The van der Waals surface area contributed by atoms with Gasteiger partial charge >= 0.3 is 0 Å². The quantitative estimate of drug-likeness (QED) is 0.869. The first-order valence-electron chi connectivity index (χ1n) is 6.52. The van der Waals surface area contributed by atoms with Crippen molar-refractivity contribution in [1.29, 1.82) is 0 Å².